The summed E-state index contributed by atoms with van der Waals surface area (Å²) in [5, 5.41) is 11.1. The average Bonchev–Trinajstić information content (AvgIpc) is 2.12. The molecule has 84 valence electrons. The van der Waals surface area contributed by atoms with Crippen LogP contribution in [-0.4, -0.2) is 36.1 Å². The molecule has 3 nitrogen and oxygen atoms in total. The van der Waals surface area contributed by atoms with Gasteiger partial charge in [-0.05, 0) is 20.8 Å². The normalized spacial score (nSPS) is 14.4. The number of carbonyl (C=O) groups is 1. The molecule has 0 aromatic heterocycles. The van der Waals surface area contributed by atoms with Crippen LogP contribution >= 0.6 is 0 Å². The highest BCUT2D eigenvalue weighted by Crippen LogP contribution is 2.19. The lowest BCUT2D eigenvalue weighted by Gasteiger charge is -2.45. The fourth-order valence-corrected chi connectivity index (χ4v) is 2.39. The van der Waals surface area contributed by atoms with E-state index in [9.17, 15) is 9.90 Å². The number of likely N-dealkylation sites (N-methyl/N-ethyl adjacent to an activating group) is 1. The monoisotopic (exact) mass is 201 g/mol. The number of rotatable bonds is 6. The van der Waals surface area contributed by atoms with Crippen molar-refractivity contribution in [2.45, 2.75) is 40.7 Å². The zero-order chi connectivity index (χ0) is 11.4. The summed E-state index contributed by atoms with van der Waals surface area (Å²) in [7, 11) is 0. The van der Waals surface area contributed by atoms with E-state index < -0.39 is 5.97 Å². The number of nitrogens with zero attached hydrogens (tertiary/aromatic N) is 1. The van der Waals surface area contributed by atoms with E-state index >= 15 is 0 Å². The third-order valence-corrected chi connectivity index (χ3v) is 3.35. The van der Waals surface area contributed by atoms with E-state index in [1.807, 2.05) is 34.6 Å². The Morgan fingerprint density at radius 3 is 1.57 bits per heavy atom. The largest absolute Gasteiger partial charge is 0.544 e. The molecule has 0 heterocycles. The number of hydrogen-bond donors (Lipinski definition) is 0. The van der Waals surface area contributed by atoms with Crippen LogP contribution in [0.3, 0.4) is 0 Å². The molecule has 0 aliphatic carbocycles. The Kier molecular flexibility index (Phi) is 5.13. The quantitative estimate of drug-likeness (QED) is 0.592. The second-order valence-corrected chi connectivity index (χ2v) is 4.18. The lowest BCUT2D eigenvalue weighted by molar-refractivity contribution is -0.943. The van der Waals surface area contributed by atoms with Gasteiger partial charge in [0.05, 0.1) is 25.6 Å². The molecular weight excluding hydrogens is 178 g/mol. The van der Waals surface area contributed by atoms with Crippen LogP contribution in [0.5, 0.6) is 0 Å². The molecule has 0 aliphatic heterocycles. The highest BCUT2D eigenvalue weighted by molar-refractivity contribution is 5.70. The van der Waals surface area contributed by atoms with Crippen LogP contribution in [0.15, 0.2) is 0 Å². The number of carboxylic acid groups (broad SMARTS) is 1. The first-order valence-electron chi connectivity index (χ1n) is 5.51. The van der Waals surface area contributed by atoms with Crippen LogP contribution < -0.4 is 5.11 Å². The van der Waals surface area contributed by atoms with Crippen molar-refractivity contribution in [3.63, 3.8) is 0 Å². The second-order valence-electron chi connectivity index (χ2n) is 4.18. The smallest absolute Gasteiger partial charge is 0.131 e. The lowest BCUT2D eigenvalue weighted by atomic mass is 9.99. The minimum absolute atomic E-state index is 0.125. The summed E-state index contributed by atoms with van der Waals surface area (Å²) in [6, 6.07) is -0.380. The molecule has 0 bridgehead atoms. The fourth-order valence-electron chi connectivity index (χ4n) is 2.39. The summed E-state index contributed by atoms with van der Waals surface area (Å²) in [4.78, 5) is 11.1. The van der Waals surface area contributed by atoms with Crippen LogP contribution in [0, 0.1) is 5.92 Å². The van der Waals surface area contributed by atoms with Crippen molar-refractivity contribution < 1.29 is 14.4 Å². The van der Waals surface area contributed by atoms with Gasteiger partial charge >= 0.3 is 0 Å². The molecule has 0 fully saturated rings. The summed E-state index contributed by atoms with van der Waals surface area (Å²) in [5.41, 5.74) is 0. The van der Waals surface area contributed by atoms with E-state index in [2.05, 4.69) is 0 Å². The van der Waals surface area contributed by atoms with Gasteiger partial charge in [-0.25, -0.2) is 0 Å². The van der Waals surface area contributed by atoms with Crippen molar-refractivity contribution in [2.24, 2.45) is 5.92 Å². The zero-order valence-electron chi connectivity index (χ0n) is 10.0. The molecule has 0 radical (unpaired) electrons. The third-order valence-electron chi connectivity index (χ3n) is 3.35. The number of quaternary nitrogens is 1. The summed E-state index contributed by atoms with van der Waals surface area (Å²) >= 11 is 0. The lowest BCUT2D eigenvalue weighted by Crippen LogP contribution is -2.63. The van der Waals surface area contributed by atoms with Gasteiger partial charge in [-0.2, -0.15) is 0 Å². The van der Waals surface area contributed by atoms with E-state index in [0.717, 1.165) is 19.6 Å². The first-order valence-corrected chi connectivity index (χ1v) is 5.51. The van der Waals surface area contributed by atoms with Crippen molar-refractivity contribution in [1.82, 2.24) is 0 Å². The molecule has 1 unspecified atom stereocenters. The van der Waals surface area contributed by atoms with E-state index in [1.165, 1.54) is 0 Å². The molecule has 0 saturated carbocycles. The maximum atomic E-state index is 11.1. The molecule has 1 atom stereocenters. The number of carbonyl (C=O) groups excluding carboxylic acids is 1. The molecule has 14 heavy (non-hydrogen) atoms. The third kappa shape index (κ3) is 2.47. The van der Waals surface area contributed by atoms with Crippen LogP contribution in [0.2, 0.25) is 0 Å². The van der Waals surface area contributed by atoms with Crippen molar-refractivity contribution in [1.29, 1.82) is 0 Å². The number of hydrogen-bond acceptors (Lipinski definition) is 2. The average molecular weight is 201 g/mol. The molecule has 0 rings (SSSR count). The minimum Gasteiger partial charge on any atom is -0.544 e. The first-order chi connectivity index (χ1) is 6.45. The Labute approximate surface area is 87.3 Å². The van der Waals surface area contributed by atoms with Gasteiger partial charge in [0.25, 0.3) is 0 Å². The van der Waals surface area contributed by atoms with Crippen LogP contribution in [-0.2, 0) is 4.79 Å². The van der Waals surface area contributed by atoms with Gasteiger partial charge in [-0.1, -0.05) is 13.8 Å². The van der Waals surface area contributed by atoms with Crippen molar-refractivity contribution in [3.05, 3.63) is 0 Å². The first kappa shape index (κ1) is 13.4. The van der Waals surface area contributed by atoms with Gasteiger partial charge in [-0.15, -0.1) is 0 Å². The Balaban J connectivity index is 5.00. The zero-order valence-corrected chi connectivity index (χ0v) is 10.0. The molecular formula is C11H23NO2. The maximum Gasteiger partial charge on any atom is 0.131 e. The SMILES string of the molecule is CC[N+](CC)(CC)C(C(=O)[O-])C(C)C. The van der Waals surface area contributed by atoms with Crippen LogP contribution in [0.25, 0.3) is 0 Å². The number of aliphatic carboxylic acids is 1. The second kappa shape index (κ2) is 5.35. The molecule has 0 N–H and O–H groups in total. The maximum absolute atomic E-state index is 11.1. The Morgan fingerprint density at radius 2 is 1.50 bits per heavy atom. The van der Waals surface area contributed by atoms with Gasteiger partial charge in [0.1, 0.15) is 6.04 Å². The topological polar surface area (TPSA) is 40.1 Å². The summed E-state index contributed by atoms with van der Waals surface area (Å²) in [6.07, 6.45) is 0. The molecule has 0 aliphatic rings. The Hall–Kier alpha value is -0.570. The van der Waals surface area contributed by atoms with Gasteiger partial charge in [0, 0.05) is 5.92 Å². The van der Waals surface area contributed by atoms with Crippen molar-refractivity contribution >= 4 is 5.97 Å². The highest BCUT2D eigenvalue weighted by atomic mass is 16.4. The van der Waals surface area contributed by atoms with Gasteiger partial charge < -0.3 is 14.4 Å². The van der Waals surface area contributed by atoms with Gasteiger partial charge in [-0.3, -0.25) is 0 Å². The predicted octanol–water partition coefficient (Wildman–Crippen LogP) is 0.637. The fraction of sp³-hybridized carbons (Fsp3) is 0.909. The van der Waals surface area contributed by atoms with Crippen molar-refractivity contribution in [2.75, 3.05) is 19.6 Å². The molecule has 0 aromatic rings. The van der Waals surface area contributed by atoms with Gasteiger partial charge in [0.2, 0.25) is 0 Å². The van der Waals surface area contributed by atoms with E-state index in [0.29, 0.717) is 4.48 Å². The van der Waals surface area contributed by atoms with Gasteiger partial charge in [0.15, 0.2) is 0 Å². The van der Waals surface area contributed by atoms with Crippen molar-refractivity contribution in [3.8, 4) is 0 Å². The van der Waals surface area contributed by atoms with Crippen LogP contribution in [0.4, 0.5) is 0 Å². The minimum atomic E-state index is -0.912. The molecule has 0 amide bonds. The summed E-state index contributed by atoms with van der Waals surface area (Å²) in [5.74, 6) is -0.787. The molecule has 3 heteroatoms. The Morgan fingerprint density at radius 1 is 1.14 bits per heavy atom. The predicted molar refractivity (Wildman–Crippen MR) is 55.5 cm³/mol. The highest BCUT2D eigenvalue weighted by Gasteiger charge is 2.35. The van der Waals surface area contributed by atoms with E-state index in [1.54, 1.807) is 0 Å². The summed E-state index contributed by atoms with van der Waals surface area (Å²) in [6.45, 7) is 12.6. The van der Waals surface area contributed by atoms with E-state index in [4.69, 9.17) is 0 Å². The Bertz CT molecular complexity index is 177. The summed E-state index contributed by atoms with van der Waals surface area (Å²) < 4.78 is 0.625. The molecule has 0 spiro atoms. The standard InChI is InChI=1S/C11H23NO2/c1-6-12(7-2,8-3)10(9(4)5)11(13)14/h9-10H,6-8H2,1-5H3. The van der Waals surface area contributed by atoms with E-state index in [-0.39, 0.29) is 12.0 Å². The van der Waals surface area contributed by atoms with Crippen LogP contribution in [0.1, 0.15) is 34.6 Å². The molecule has 0 saturated heterocycles. The molecule has 0 aromatic carbocycles. The number of carboxylic acids is 1.